The number of amides is 1. The maximum atomic E-state index is 12.6. The van der Waals surface area contributed by atoms with Crippen molar-refractivity contribution in [3.63, 3.8) is 0 Å². The number of carbonyl (C=O) groups is 2. The van der Waals surface area contributed by atoms with Gasteiger partial charge in [-0.15, -0.1) is 0 Å². The Balaban J connectivity index is 1.97. The highest BCUT2D eigenvalue weighted by Gasteiger charge is 2.19. The maximum absolute atomic E-state index is 12.6. The Hall–Kier alpha value is -2.57. The molecule has 122 valence electrons. The van der Waals surface area contributed by atoms with Gasteiger partial charge in [0.15, 0.2) is 5.65 Å². The van der Waals surface area contributed by atoms with Crippen LogP contribution in [0.15, 0.2) is 36.5 Å². The van der Waals surface area contributed by atoms with Gasteiger partial charge in [-0.1, -0.05) is 23.2 Å². The van der Waals surface area contributed by atoms with E-state index in [0.29, 0.717) is 32.8 Å². The molecule has 1 amide bonds. The number of rotatable bonds is 3. The molecule has 0 fully saturated rings. The summed E-state index contributed by atoms with van der Waals surface area (Å²) in [6, 6.07) is 7.40. The summed E-state index contributed by atoms with van der Waals surface area (Å²) < 4.78 is 1.53. The fraction of sp³-hybridized carbons (Fsp3) is 0.0625. The van der Waals surface area contributed by atoms with Crippen molar-refractivity contribution in [1.82, 2.24) is 9.38 Å². The third-order valence-corrected chi connectivity index (χ3v) is 3.91. The largest absolute Gasteiger partial charge is 0.478 e. The smallest absolute Gasteiger partial charge is 0.335 e. The van der Waals surface area contributed by atoms with Crippen LogP contribution in [0.4, 0.5) is 5.69 Å². The van der Waals surface area contributed by atoms with Crippen molar-refractivity contribution in [2.24, 2.45) is 0 Å². The highest BCUT2D eigenvalue weighted by atomic mass is 35.5. The Morgan fingerprint density at radius 1 is 1.21 bits per heavy atom. The van der Waals surface area contributed by atoms with Crippen LogP contribution in [-0.2, 0) is 0 Å². The SMILES string of the molecule is Cc1nc2c(Cl)cc(Cl)cn2c1C(=O)Nc1ccc(C(=O)O)cc1. The van der Waals surface area contributed by atoms with E-state index in [4.69, 9.17) is 28.3 Å². The molecule has 1 aromatic carbocycles. The van der Waals surface area contributed by atoms with Crippen LogP contribution in [0.2, 0.25) is 10.0 Å². The van der Waals surface area contributed by atoms with E-state index in [1.165, 1.54) is 28.7 Å². The van der Waals surface area contributed by atoms with E-state index in [-0.39, 0.29) is 5.56 Å². The first-order valence-electron chi connectivity index (χ1n) is 6.85. The lowest BCUT2D eigenvalue weighted by Gasteiger charge is -2.07. The predicted molar refractivity (Wildman–Crippen MR) is 91.3 cm³/mol. The molecule has 0 radical (unpaired) electrons. The predicted octanol–water partition coefficient (Wildman–Crippen LogP) is 3.90. The number of aromatic nitrogens is 2. The molecular weight excluding hydrogens is 353 g/mol. The number of hydrogen-bond donors (Lipinski definition) is 2. The van der Waals surface area contributed by atoms with Gasteiger partial charge in [-0.25, -0.2) is 9.78 Å². The lowest BCUT2D eigenvalue weighted by molar-refractivity contribution is 0.0696. The third-order valence-electron chi connectivity index (χ3n) is 3.42. The van der Waals surface area contributed by atoms with Gasteiger partial charge in [-0.05, 0) is 37.3 Å². The number of imidazole rings is 1. The van der Waals surface area contributed by atoms with Crippen LogP contribution in [0.1, 0.15) is 26.5 Å². The summed E-state index contributed by atoms with van der Waals surface area (Å²) in [4.78, 5) is 27.7. The highest BCUT2D eigenvalue weighted by Crippen LogP contribution is 2.25. The second-order valence-electron chi connectivity index (χ2n) is 5.08. The first-order chi connectivity index (χ1) is 11.4. The van der Waals surface area contributed by atoms with E-state index in [1.807, 2.05) is 0 Å². The van der Waals surface area contributed by atoms with Crippen molar-refractivity contribution < 1.29 is 14.7 Å². The molecule has 3 aromatic rings. The van der Waals surface area contributed by atoms with Gasteiger partial charge in [0.2, 0.25) is 0 Å². The molecule has 24 heavy (non-hydrogen) atoms. The summed E-state index contributed by atoms with van der Waals surface area (Å²) in [5.41, 5.74) is 1.84. The molecule has 0 aliphatic heterocycles. The number of carbonyl (C=O) groups excluding carboxylic acids is 1. The zero-order valence-electron chi connectivity index (χ0n) is 12.4. The number of carboxylic acids is 1. The van der Waals surface area contributed by atoms with Gasteiger partial charge in [-0.2, -0.15) is 0 Å². The molecule has 6 nitrogen and oxygen atoms in total. The molecular formula is C16H11Cl2N3O3. The number of benzene rings is 1. The van der Waals surface area contributed by atoms with E-state index in [9.17, 15) is 9.59 Å². The molecule has 2 heterocycles. The number of aromatic carboxylic acids is 1. The molecule has 0 unspecified atom stereocenters. The summed E-state index contributed by atoms with van der Waals surface area (Å²) in [6.45, 7) is 1.69. The average molecular weight is 364 g/mol. The lowest BCUT2D eigenvalue weighted by atomic mass is 10.2. The number of carboxylic acid groups (broad SMARTS) is 1. The molecule has 0 spiro atoms. The summed E-state index contributed by atoms with van der Waals surface area (Å²) in [7, 11) is 0. The molecule has 3 rings (SSSR count). The van der Waals surface area contributed by atoms with Crippen LogP contribution >= 0.6 is 23.2 Å². The van der Waals surface area contributed by atoms with Crippen LogP contribution in [0.25, 0.3) is 5.65 Å². The molecule has 0 saturated carbocycles. The number of fused-ring (bicyclic) bond motifs is 1. The van der Waals surface area contributed by atoms with Crippen molar-refractivity contribution in [3.05, 3.63) is 63.5 Å². The summed E-state index contributed by atoms with van der Waals surface area (Å²) in [5, 5.41) is 12.3. The third kappa shape index (κ3) is 2.93. The van der Waals surface area contributed by atoms with Crippen molar-refractivity contribution in [2.45, 2.75) is 6.92 Å². The van der Waals surface area contributed by atoms with Gasteiger partial charge in [0.1, 0.15) is 5.69 Å². The Morgan fingerprint density at radius 3 is 2.50 bits per heavy atom. The second kappa shape index (κ2) is 6.14. The van der Waals surface area contributed by atoms with E-state index >= 15 is 0 Å². The minimum atomic E-state index is -1.03. The fourth-order valence-corrected chi connectivity index (χ4v) is 2.86. The van der Waals surface area contributed by atoms with Gasteiger partial charge in [0, 0.05) is 11.9 Å². The van der Waals surface area contributed by atoms with Gasteiger partial charge in [-0.3, -0.25) is 9.20 Å². The van der Waals surface area contributed by atoms with E-state index in [1.54, 1.807) is 19.2 Å². The van der Waals surface area contributed by atoms with Crippen molar-refractivity contribution in [1.29, 1.82) is 0 Å². The number of nitrogens with zero attached hydrogens (tertiary/aromatic N) is 2. The second-order valence-corrected chi connectivity index (χ2v) is 5.93. The number of nitrogens with one attached hydrogen (secondary N) is 1. The van der Waals surface area contributed by atoms with E-state index in [2.05, 4.69) is 10.3 Å². The van der Waals surface area contributed by atoms with Crippen molar-refractivity contribution >= 4 is 46.4 Å². The monoisotopic (exact) mass is 363 g/mol. The zero-order valence-corrected chi connectivity index (χ0v) is 13.9. The number of anilines is 1. The lowest BCUT2D eigenvalue weighted by Crippen LogP contribution is -2.15. The molecule has 0 saturated heterocycles. The Morgan fingerprint density at radius 2 is 1.88 bits per heavy atom. The fourth-order valence-electron chi connectivity index (χ4n) is 2.35. The first kappa shape index (κ1) is 16.3. The number of halogens is 2. The first-order valence-corrected chi connectivity index (χ1v) is 7.61. The molecule has 8 heteroatoms. The topological polar surface area (TPSA) is 83.7 Å². The Kier molecular flexibility index (Phi) is 4.17. The molecule has 2 N–H and O–H groups in total. The number of aryl methyl sites for hydroxylation is 1. The normalized spacial score (nSPS) is 10.8. The van der Waals surface area contributed by atoms with E-state index < -0.39 is 11.9 Å². The van der Waals surface area contributed by atoms with Crippen LogP contribution in [0, 0.1) is 6.92 Å². The minimum absolute atomic E-state index is 0.137. The molecule has 0 aliphatic carbocycles. The minimum Gasteiger partial charge on any atom is -0.478 e. The van der Waals surface area contributed by atoms with Gasteiger partial charge in [0.25, 0.3) is 5.91 Å². The quantitative estimate of drug-likeness (QED) is 0.738. The summed E-state index contributed by atoms with van der Waals surface area (Å²) in [5.74, 6) is -1.43. The van der Waals surface area contributed by atoms with Gasteiger partial charge < -0.3 is 10.4 Å². The number of pyridine rings is 1. The molecule has 0 aliphatic rings. The van der Waals surface area contributed by atoms with Crippen LogP contribution in [0.5, 0.6) is 0 Å². The Labute approximate surface area is 146 Å². The standard InChI is InChI=1S/C16H11Cl2N3O3/c1-8-13(21-7-10(17)6-12(18)14(21)19-8)15(22)20-11-4-2-9(3-5-11)16(23)24/h2-7H,1H3,(H,20,22)(H,23,24). The summed E-state index contributed by atoms with van der Waals surface area (Å²) >= 11 is 12.1. The zero-order chi connectivity index (χ0) is 17.4. The van der Waals surface area contributed by atoms with E-state index in [0.717, 1.165) is 0 Å². The van der Waals surface area contributed by atoms with Gasteiger partial charge >= 0.3 is 5.97 Å². The highest BCUT2D eigenvalue weighted by molar-refractivity contribution is 6.36. The van der Waals surface area contributed by atoms with Crippen molar-refractivity contribution in [3.8, 4) is 0 Å². The Bertz CT molecular complexity index is 965. The molecule has 2 aromatic heterocycles. The number of hydrogen-bond acceptors (Lipinski definition) is 3. The summed E-state index contributed by atoms with van der Waals surface area (Å²) in [6.07, 6.45) is 1.56. The van der Waals surface area contributed by atoms with Crippen LogP contribution in [0.3, 0.4) is 0 Å². The molecule has 0 bridgehead atoms. The maximum Gasteiger partial charge on any atom is 0.335 e. The van der Waals surface area contributed by atoms with Crippen LogP contribution < -0.4 is 5.32 Å². The average Bonchev–Trinajstić information content (AvgIpc) is 2.84. The van der Waals surface area contributed by atoms with Crippen LogP contribution in [-0.4, -0.2) is 26.4 Å². The van der Waals surface area contributed by atoms with Gasteiger partial charge in [0.05, 0.1) is 21.3 Å². The molecule has 0 atom stereocenters. The van der Waals surface area contributed by atoms with Crippen molar-refractivity contribution in [2.75, 3.05) is 5.32 Å².